The molecule has 2 rings (SSSR count). The average molecular weight is 323 g/mol. The molecule has 124 valence electrons. The first kappa shape index (κ1) is 17.2. The van der Waals surface area contributed by atoms with Gasteiger partial charge in [-0.2, -0.15) is 13.2 Å². The highest BCUT2D eigenvalue weighted by atomic mass is 19.4. The molecule has 0 aliphatic heterocycles. The van der Waals surface area contributed by atoms with E-state index in [1.807, 2.05) is 20.8 Å². The third kappa shape index (κ3) is 4.21. The predicted octanol–water partition coefficient (Wildman–Crippen LogP) is 4.54. The van der Waals surface area contributed by atoms with Gasteiger partial charge in [0.15, 0.2) is 0 Å². The van der Waals surface area contributed by atoms with Gasteiger partial charge in [0, 0.05) is 17.8 Å². The van der Waals surface area contributed by atoms with E-state index in [0.717, 1.165) is 36.2 Å². The second-order valence-electron chi connectivity index (χ2n) is 5.30. The first-order valence-electron chi connectivity index (χ1n) is 7.61. The van der Waals surface area contributed by atoms with Crippen molar-refractivity contribution in [2.75, 3.05) is 5.32 Å². The van der Waals surface area contributed by atoms with Crippen LogP contribution in [0, 0.1) is 6.92 Å². The number of aryl methyl sites for hydroxylation is 2. The summed E-state index contributed by atoms with van der Waals surface area (Å²) < 4.78 is 38.3. The van der Waals surface area contributed by atoms with Crippen LogP contribution in [0.2, 0.25) is 0 Å². The van der Waals surface area contributed by atoms with Crippen LogP contribution in [0.1, 0.15) is 42.1 Å². The fraction of sp³-hybridized carbons (Fsp3) is 0.412. The minimum atomic E-state index is -4.33. The van der Waals surface area contributed by atoms with Gasteiger partial charge < -0.3 is 5.32 Å². The molecule has 23 heavy (non-hydrogen) atoms. The van der Waals surface area contributed by atoms with Crippen LogP contribution >= 0.6 is 0 Å². The standard InChI is InChI=1S/C17H20F3N3/c1-4-14-15(5-2)22-11(3)23-16(14)21-10-12-7-6-8-13(9-12)17(18,19)20/h6-9H,4-5,10H2,1-3H3,(H,21,22,23). The van der Waals surface area contributed by atoms with Gasteiger partial charge in [0.05, 0.1) is 5.56 Å². The van der Waals surface area contributed by atoms with Crippen molar-refractivity contribution in [2.45, 2.75) is 46.3 Å². The van der Waals surface area contributed by atoms with Gasteiger partial charge in [0.2, 0.25) is 0 Å². The molecule has 1 aromatic carbocycles. The van der Waals surface area contributed by atoms with Crippen LogP contribution in [0.25, 0.3) is 0 Å². The van der Waals surface area contributed by atoms with Crippen molar-refractivity contribution in [3.05, 3.63) is 52.5 Å². The van der Waals surface area contributed by atoms with Gasteiger partial charge in [-0.25, -0.2) is 9.97 Å². The van der Waals surface area contributed by atoms with Gasteiger partial charge >= 0.3 is 6.18 Å². The lowest BCUT2D eigenvalue weighted by molar-refractivity contribution is -0.137. The average Bonchev–Trinajstić information content (AvgIpc) is 2.51. The molecule has 0 bridgehead atoms. The maximum atomic E-state index is 12.8. The van der Waals surface area contributed by atoms with Crippen molar-refractivity contribution in [3.8, 4) is 0 Å². The van der Waals surface area contributed by atoms with Crippen molar-refractivity contribution in [1.29, 1.82) is 0 Å². The SMILES string of the molecule is CCc1nc(C)nc(NCc2cccc(C(F)(F)F)c2)c1CC. The molecule has 0 saturated heterocycles. The molecule has 0 aliphatic rings. The summed E-state index contributed by atoms with van der Waals surface area (Å²) in [7, 11) is 0. The Labute approximate surface area is 134 Å². The second-order valence-corrected chi connectivity index (χ2v) is 5.30. The van der Waals surface area contributed by atoms with Gasteiger partial charge in [-0.15, -0.1) is 0 Å². The molecule has 1 N–H and O–H groups in total. The van der Waals surface area contributed by atoms with Crippen LogP contribution in [0.3, 0.4) is 0 Å². The van der Waals surface area contributed by atoms with E-state index in [0.29, 0.717) is 17.2 Å². The molecule has 0 aliphatic carbocycles. The zero-order valence-corrected chi connectivity index (χ0v) is 13.5. The van der Waals surface area contributed by atoms with E-state index in [4.69, 9.17) is 0 Å². The highest BCUT2D eigenvalue weighted by molar-refractivity contribution is 5.47. The first-order chi connectivity index (χ1) is 10.8. The molecule has 3 nitrogen and oxygen atoms in total. The summed E-state index contributed by atoms with van der Waals surface area (Å²) in [6.07, 6.45) is -2.76. The number of nitrogens with zero attached hydrogens (tertiary/aromatic N) is 2. The summed E-state index contributed by atoms with van der Waals surface area (Å²) in [5.41, 5.74) is 1.92. The lowest BCUT2D eigenvalue weighted by Crippen LogP contribution is -2.11. The number of aromatic nitrogens is 2. The van der Waals surface area contributed by atoms with Crippen molar-refractivity contribution in [1.82, 2.24) is 9.97 Å². The van der Waals surface area contributed by atoms with Gasteiger partial charge in [-0.1, -0.05) is 26.0 Å². The normalized spacial score (nSPS) is 11.6. The molecule has 2 aromatic rings. The maximum Gasteiger partial charge on any atom is 0.416 e. The molecular formula is C17H20F3N3. The Morgan fingerprint density at radius 1 is 1.09 bits per heavy atom. The van der Waals surface area contributed by atoms with Crippen molar-refractivity contribution >= 4 is 5.82 Å². The third-order valence-electron chi connectivity index (χ3n) is 3.61. The Kier molecular flexibility index (Phi) is 5.23. The molecule has 0 radical (unpaired) electrons. The number of hydrogen-bond donors (Lipinski definition) is 1. The topological polar surface area (TPSA) is 37.8 Å². The van der Waals surface area contributed by atoms with Crippen LogP contribution in [0.15, 0.2) is 24.3 Å². The second kappa shape index (κ2) is 6.98. The fourth-order valence-electron chi connectivity index (χ4n) is 2.51. The first-order valence-corrected chi connectivity index (χ1v) is 7.61. The van der Waals surface area contributed by atoms with Gasteiger partial charge in [0.25, 0.3) is 0 Å². The van der Waals surface area contributed by atoms with Crippen molar-refractivity contribution < 1.29 is 13.2 Å². The number of nitrogens with one attached hydrogen (secondary N) is 1. The van der Waals surface area contributed by atoms with E-state index >= 15 is 0 Å². The van der Waals surface area contributed by atoms with Crippen LogP contribution in [0.4, 0.5) is 19.0 Å². The Hall–Kier alpha value is -2.11. The Morgan fingerprint density at radius 2 is 1.83 bits per heavy atom. The van der Waals surface area contributed by atoms with Crippen LogP contribution in [0.5, 0.6) is 0 Å². The molecule has 0 atom stereocenters. The van der Waals surface area contributed by atoms with E-state index in [2.05, 4.69) is 15.3 Å². The van der Waals surface area contributed by atoms with Gasteiger partial charge in [-0.3, -0.25) is 0 Å². The van der Waals surface area contributed by atoms with E-state index < -0.39 is 11.7 Å². The monoisotopic (exact) mass is 323 g/mol. The summed E-state index contributed by atoms with van der Waals surface area (Å²) in [4.78, 5) is 8.82. The Balaban J connectivity index is 2.23. The smallest absolute Gasteiger partial charge is 0.366 e. The molecule has 0 spiro atoms. The number of hydrogen-bond acceptors (Lipinski definition) is 3. The molecule has 1 heterocycles. The Bertz CT molecular complexity index is 681. The highest BCUT2D eigenvalue weighted by Crippen LogP contribution is 2.29. The third-order valence-corrected chi connectivity index (χ3v) is 3.61. The fourth-order valence-corrected chi connectivity index (χ4v) is 2.51. The van der Waals surface area contributed by atoms with E-state index in [-0.39, 0.29) is 6.54 Å². The van der Waals surface area contributed by atoms with Gasteiger partial charge in [-0.05, 0) is 37.5 Å². The molecule has 6 heteroatoms. The summed E-state index contributed by atoms with van der Waals surface area (Å²) in [6, 6.07) is 5.32. The van der Waals surface area contributed by atoms with Crippen molar-refractivity contribution in [3.63, 3.8) is 0 Å². The summed E-state index contributed by atoms with van der Waals surface area (Å²) in [6.45, 7) is 6.14. The maximum absolute atomic E-state index is 12.8. The molecule has 0 amide bonds. The lowest BCUT2D eigenvalue weighted by atomic mass is 10.1. The van der Waals surface area contributed by atoms with Crippen LogP contribution < -0.4 is 5.32 Å². The zero-order chi connectivity index (χ0) is 17.0. The molecule has 0 saturated carbocycles. The highest BCUT2D eigenvalue weighted by Gasteiger charge is 2.30. The summed E-state index contributed by atoms with van der Waals surface area (Å²) >= 11 is 0. The number of anilines is 1. The Morgan fingerprint density at radius 3 is 2.43 bits per heavy atom. The molecule has 0 fully saturated rings. The van der Waals surface area contributed by atoms with Crippen molar-refractivity contribution in [2.24, 2.45) is 0 Å². The van der Waals surface area contributed by atoms with Gasteiger partial charge in [0.1, 0.15) is 11.6 Å². The van der Waals surface area contributed by atoms with E-state index in [1.54, 1.807) is 6.07 Å². The predicted molar refractivity (Wildman–Crippen MR) is 84.3 cm³/mol. The minimum Gasteiger partial charge on any atom is -0.366 e. The number of halogens is 3. The van der Waals surface area contributed by atoms with E-state index in [9.17, 15) is 13.2 Å². The molecule has 1 aromatic heterocycles. The quantitative estimate of drug-likeness (QED) is 0.878. The summed E-state index contributed by atoms with van der Waals surface area (Å²) in [5.74, 6) is 1.36. The number of alkyl halides is 3. The zero-order valence-electron chi connectivity index (χ0n) is 13.5. The minimum absolute atomic E-state index is 0.288. The lowest BCUT2D eigenvalue weighted by Gasteiger charge is -2.14. The van der Waals surface area contributed by atoms with Crippen LogP contribution in [-0.2, 0) is 25.6 Å². The number of benzene rings is 1. The number of rotatable bonds is 5. The van der Waals surface area contributed by atoms with E-state index in [1.165, 1.54) is 6.07 Å². The molecule has 0 unspecified atom stereocenters. The molecular weight excluding hydrogens is 303 g/mol. The van der Waals surface area contributed by atoms with Crippen LogP contribution in [-0.4, -0.2) is 9.97 Å². The largest absolute Gasteiger partial charge is 0.416 e. The summed E-state index contributed by atoms with van der Waals surface area (Å²) in [5, 5.41) is 3.16.